The van der Waals surface area contributed by atoms with Crippen LogP contribution in [0.15, 0.2) is 47.6 Å². The highest BCUT2D eigenvalue weighted by Gasteiger charge is 2.05. The zero-order chi connectivity index (χ0) is 18.8. The van der Waals surface area contributed by atoms with Gasteiger partial charge in [0, 0.05) is 6.07 Å². The molecule has 7 nitrogen and oxygen atoms in total. The molecule has 0 aliphatic carbocycles. The van der Waals surface area contributed by atoms with Gasteiger partial charge in [-0.05, 0) is 42.8 Å². The molecule has 2 aromatic rings. The second-order valence-corrected chi connectivity index (χ2v) is 5.10. The number of carbonyl (C=O) groups is 1. The molecular formula is C19H22N2O5. The predicted molar refractivity (Wildman–Crippen MR) is 98.4 cm³/mol. The first kappa shape index (κ1) is 19.1. The van der Waals surface area contributed by atoms with Crippen LogP contribution in [0.4, 0.5) is 0 Å². The third-order valence-corrected chi connectivity index (χ3v) is 3.30. The zero-order valence-corrected chi connectivity index (χ0v) is 15.0. The first-order valence-electron chi connectivity index (χ1n) is 8.06. The van der Waals surface area contributed by atoms with E-state index in [1.807, 2.05) is 13.0 Å². The monoisotopic (exact) mass is 358 g/mol. The minimum Gasteiger partial charge on any atom is -0.497 e. The van der Waals surface area contributed by atoms with Gasteiger partial charge in [0.25, 0.3) is 5.91 Å². The molecule has 0 radical (unpaired) electrons. The molecule has 0 atom stereocenters. The van der Waals surface area contributed by atoms with Gasteiger partial charge >= 0.3 is 0 Å². The number of amides is 1. The topological polar surface area (TPSA) is 78.4 Å². The molecular weight excluding hydrogens is 336 g/mol. The Bertz CT molecular complexity index is 761. The molecule has 2 rings (SSSR count). The first-order valence-corrected chi connectivity index (χ1v) is 8.06. The van der Waals surface area contributed by atoms with Crippen LogP contribution in [0.25, 0.3) is 0 Å². The molecule has 0 saturated heterocycles. The van der Waals surface area contributed by atoms with Crippen molar-refractivity contribution >= 4 is 12.1 Å². The summed E-state index contributed by atoms with van der Waals surface area (Å²) in [7, 11) is 3.13. The fourth-order valence-electron chi connectivity index (χ4n) is 2.09. The SMILES string of the molecule is CCOc1ccc(/C=N/NC(=O)COc2cccc(OC)c2)cc1OC. The molecule has 1 amide bonds. The molecule has 7 heteroatoms. The van der Waals surface area contributed by atoms with Crippen LogP contribution in [-0.4, -0.2) is 39.6 Å². The van der Waals surface area contributed by atoms with E-state index in [0.717, 1.165) is 5.56 Å². The lowest BCUT2D eigenvalue weighted by Gasteiger charge is -2.09. The summed E-state index contributed by atoms with van der Waals surface area (Å²) in [4.78, 5) is 11.8. The second-order valence-electron chi connectivity index (χ2n) is 5.10. The maximum absolute atomic E-state index is 11.8. The summed E-state index contributed by atoms with van der Waals surface area (Å²) in [6.07, 6.45) is 1.52. The van der Waals surface area contributed by atoms with Gasteiger partial charge in [-0.2, -0.15) is 5.10 Å². The van der Waals surface area contributed by atoms with Crippen LogP contribution >= 0.6 is 0 Å². The van der Waals surface area contributed by atoms with Crippen LogP contribution in [0.3, 0.4) is 0 Å². The Morgan fingerprint density at radius 2 is 1.85 bits per heavy atom. The number of nitrogens with one attached hydrogen (secondary N) is 1. The average molecular weight is 358 g/mol. The van der Waals surface area contributed by atoms with E-state index in [-0.39, 0.29) is 12.5 Å². The van der Waals surface area contributed by atoms with Crippen molar-refractivity contribution in [2.75, 3.05) is 27.4 Å². The van der Waals surface area contributed by atoms with Crippen LogP contribution in [0.1, 0.15) is 12.5 Å². The van der Waals surface area contributed by atoms with Gasteiger partial charge in [-0.1, -0.05) is 6.07 Å². The van der Waals surface area contributed by atoms with Crippen LogP contribution < -0.4 is 24.4 Å². The number of rotatable bonds is 9. The molecule has 1 N–H and O–H groups in total. The molecule has 0 heterocycles. The summed E-state index contributed by atoms with van der Waals surface area (Å²) in [6, 6.07) is 12.4. The lowest BCUT2D eigenvalue weighted by Crippen LogP contribution is -2.24. The Balaban J connectivity index is 1.86. The van der Waals surface area contributed by atoms with Crippen molar-refractivity contribution in [1.29, 1.82) is 0 Å². The van der Waals surface area contributed by atoms with E-state index >= 15 is 0 Å². The van der Waals surface area contributed by atoms with Crippen molar-refractivity contribution in [3.05, 3.63) is 48.0 Å². The molecule has 0 aliphatic heterocycles. The molecule has 0 fully saturated rings. The Morgan fingerprint density at radius 3 is 2.58 bits per heavy atom. The van der Waals surface area contributed by atoms with Gasteiger partial charge in [0.2, 0.25) is 0 Å². The van der Waals surface area contributed by atoms with E-state index in [1.54, 1.807) is 50.6 Å². The van der Waals surface area contributed by atoms with Crippen molar-refractivity contribution in [2.24, 2.45) is 5.10 Å². The number of hydrogen-bond acceptors (Lipinski definition) is 6. The Kier molecular flexibility index (Phi) is 7.30. The van der Waals surface area contributed by atoms with E-state index in [1.165, 1.54) is 6.21 Å². The smallest absolute Gasteiger partial charge is 0.277 e. The van der Waals surface area contributed by atoms with Gasteiger partial charge in [-0.3, -0.25) is 4.79 Å². The zero-order valence-electron chi connectivity index (χ0n) is 15.0. The first-order chi connectivity index (χ1) is 12.7. The normalized spacial score (nSPS) is 10.4. The fraction of sp³-hybridized carbons (Fsp3) is 0.263. The number of ether oxygens (including phenoxy) is 4. The van der Waals surface area contributed by atoms with Gasteiger partial charge in [0.15, 0.2) is 18.1 Å². The summed E-state index contributed by atoms with van der Waals surface area (Å²) in [5.74, 6) is 2.08. The van der Waals surface area contributed by atoms with E-state index < -0.39 is 0 Å². The number of nitrogens with zero attached hydrogens (tertiary/aromatic N) is 1. The van der Waals surface area contributed by atoms with E-state index in [0.29, 0.717) is 29.6 Å². The van der Waals surface area contributed by atoms with Crippen LogP contribution in [-0.2, 0) is 4.79 Å². The van der Waals surface area contributed by atoms with E-state index in [4.69, 9.17) is 18.9 Å². The number of carbonyl (C=O) groups excluding carboxylic acids is 1. The summed E-state index contributed by atoms with van der Waals surface area (Å²) >= 11 is 0. The van der Waals surface area contributed by atoms with Crippen molar-refractivity contribution < 1.29 is 23.7 Å². The van der Waals surface area contributed by atoms with Crippen molar-refractivity contribution in [1.82, 2.24) is 5.43 Å². The van der Waals surface area contributed by atoms with Gasteiger partial charge in [0.05, 0.1) is 27.0 Å². The fourth-order valence-corrected chi connectivity index (χ4v) is 2.09. The standard InChI is InChI=1S/C19H22N2O5/c1-4-25-17-9-8-14(10-18(17)24-3)12-20-21-19(22)13-26-16-7-5-6-15(11-16)23-2/h5-12H,4,13H2,1-3H3,(H,21,22)/b20-12+. The number of hydrazone groups is 1. The molecule has 0 unspecified atom stereocenters. The molecule has 0 aromatic heterocycles. The molecule has 26 heavy (non-hydrogen) atoms. The summed E-state index contributed by atoms with van der Waals surface area (Å²) < 4.78 is 21.2. The molecule has 2 aromatic carbocycles. The third kappa shape index (κ3) is 5.70. The van der Waals surface area contributed by atoms with Crippen LogP contribution in [0.5, 0.6) is 23.0 Å². The van der Waals surface area contributed by atoms with E-state index in [2.05, 4.69) is 10.5 Å². The van der Waals surface area contributed by atoms with Gasteiger partial charge in [-0.15, -0.1) is 0 Å². The number of methoxy groups -OCH3 is 2. The maximum atomic E-state index is 11.8. The highest BCUT2D eigenvalue weighted by molar-refractivity contribution is 5.83. The van der Waals surface area contributed by atoms with Crippen LogP contribution in [0.2, 0.25) is 0 Å². The lowest BCUT2D eigenvalue weighted by atomic mass is 10.2. The summed E-state index contributed by atoms with van der Waals surface area (Å²) in [5, 5.41) is 3.91. The Labute approximate surface area is 152 Å². The average Bonchev–Trinajstić information content (AvgIpc) is 2.67. The summed E-state index contributed by atoms with van der Waals surface area (Å²) in [6.45, 7) is 2.29. The number of benzene rings is 2. The second kappa shape index (κ2) is 9.93. The summed E-state index contributed by atoms with van der Waals surface area (Å²) in [5.41, 5.74) is 3.17. The van der Waals surface area contributed by atoms with E-state index in [9.17, 15) is 4.79 Å². The molecule has 138 valence electrons. The van der Waals surface area contributed by atoms with Gasteiger partial charge < -0.3 is 18.9 Å². The Hall–Kier alpha value is -3.22. The predicted octanol–water partition coefficient (Wildman–Crippen LogP) is 2.63. The molecule has 0 bridgehead atoms. The minimum atomic E-state index is -0.373. The highest BCUT2D eigenvalue weighted by atomic mass is 16.5. The quantitative estimate of drug-likeness (QED) is 0.551. The van der Waals surface area contributed by atoms with Crippen LogP contribution in [0, 0.1) is 0 Å². The van der Waals surface area contributed by atoms with Gasteiger partial charge in [0.1, 0.15) is 11.5 Å². The van der Waals surface area contributed by atoms with Gasteiger partial charge in [-0.25, -0.2) is 5.43 Å². The molecule has 0 aliphatic rings. The van der Waals surface area contributed by atoms with Crippen molar-refractivity contribution in [3.63, 3.8) is 0 Å². The lowest BCUT2D eigenvalue weighted by molar-refractivity contribution is -0.123. The highest BCUT2D eigenvalue weighted by Crippen LogP contribution is 2.27. The van der Waals surface area contributed by atoms with Crippen molar-refractivity contribution in [2.45, 2.75) is 6.92 Å². The van der Waals surface area contributed by atoms with Crippen molar-refractivity contribution in [3.8, 4) is 23.0 Å². The number of hydrogen-bond donors (Lipinski definition) is 1. The third-order valence-electron chi connectivity index (χ3n) is 3.30. The molecule has 0 spiro atoms. The largest absolute Gasteiger partial charge is 0.497 e. The minimum absolute atomic E-state index is 0.156. The molecule has 0 saturated carbocycles. The maximum Gasteiger partial charge on any atom is 0.277 e. The Morgan fingerprint density at radius 1 is 1.04 bits per heavy atom.